The molecule has 0 aliphatic rings. The molecule has 2 N–H and O–H groups in total. The molecule has 0 bridgehead atoms. The Balaban J connectivity index is 2.37. The zero-order chi connectivity index (χ0) is 16.8. The molecule has 7 nitrogen and oxygen atoms in total. The van der Waals surface area contributed by atoms with E-state index in [-0.39, 0.29) is 6.61 Å². The number of hydrogen-bond donors (Lipinski definition) is 2. The first-order chi connectivity index (χ1) is 11.1. The monoisotopic (exact) mass is 337 g/mol. The molecule has 0 saturated heterocycles. The van der Waals surface area contributed by atoms with Gasteiger partial charge in [0.25, 0.3) is 0 Å². The average molecular weight is 337 g/mol. The molecule has 0 aliphatic heterocycles. The van der Waals surface area contributed by atoms with Crippen LogP contribution in [0.3, 0.4) is 0 Å². The number of thiophene rings is 1. The maximum absolute atomic E-state index is 12.0. The van der Waals surface area contributed by atoms with Crippen LogP contribution in [0.2, 0.25) is 0 Å². The molecule has 2 aromatic rings. The van der Waals surface area contributed by atoms with E-state index < -0.39 is 18.0 Å². The van der Waals surface area contributed by atoms with E-state index >= 15 is 0 Å². The van der Waals surface area contributed by atoms with Gasteiger partial charge in [-0.1, -0.05) is 19.8 Å². The summed E-state index contributed by atoms with van der Waals surface area (Å²) in [6.45, 7) is 3.99. The molecule has 23 heavy (non-hydrogen) atoms. The van der Waals surface area contributed by atoms with Crippen molar-refractivity contribution in [2.75, 3.05) is 11.9 Å². The second-order valence-electron chi connectivity index (χ2n) is 4.95. The van der Waals surface area contributed by atoms with Crippen LogP contribution < -0.4 is 5.32 Å². The van der Waals surface area contributed by atoms with Crippen molar-refractivity contribution in [3.8, 4) is 0 Å². The minimum Gasteiger partial charge on any atom is -0.480 e. The summed E-state index contributed by atoms with van der Waals surface area (Å²) in [4.78, 5) is 32.3. The molecule has 0 saturated carbocycles. The lowest BCUT2D eigenvalue weighted by Gasteiger charge is -2.15. The standard InChI is InChI=1S/C15H19N3O4S/c1-3-5-6-10(14(19)20)18-12-11-9(15(21)22-4-2)7-23-13(11)17-8-16-12/h7-8,10H,3-6H2,1-2H3,(H,19,20)(H,16,17,18). The highest BCUT2D eigenvalue weighted by molar-refractivity contribution is 7.17. The molecule has 2 aromatic heterocycles. The number of carbonyl (C=O) groups is 2. The largest absolute Gasteiger partial charge is 0.480 e. The van der Waals surface area contributed by atoms with Crippen molar-refractivity contribution in [1.82, 2.24) is 9.97 Å². The van der Waals surface area contributed by atoms with Gasteiger partial charge in [0.1, 0.15) is 23.0 Å². The molecule has 2 rings (SSSR count). The molecule has 1 unspecified atom stereocenters. The highest BCUT2D eigenvalue weighted by atomic mass is 32.1. The van der Waals surface area contributed by atoms with E-state index in [1.54, 1.807) is 12.3 Å². The van der Waals surface area contributed by atoms with Gasteiger partial charge in [-0.05, 0) is 13.3 Å². The van der Waals surface area contributed by atoms with Gasteiger partial charge in [-0.15, -0.1) is 11.3 Å². The van der Waals surface area contributed by atoms with Crippen molar-refractivity contribution in [2.45, 2.75) is 39.2 Å². The first-order valence-corrected chi connectivity index (χ1v) is 8.35. The zero-order valence-electron chi connectivity index (χ0n) is 13.0. The molecule has 0 radical (unpaired) electrons. The van der Waals surface area contributed by atoms with Crippen molar-refractivity contribution < 1.29 is 19.4 Å². The van der Waals surface area contributed by atoms with Crippen molar-refractivity contribution in [2.24, 2.45) is 0 Å². The Morgan fingerprint density at radius 3 is 2.83 bits per heavy atom. The smallest absolute Gasteiger partial charge is 0.339 e. The highest BCUT2D eigenvalue weighted by Crippen LogP contribution is 2.30. The maximum Gasteiger partial charge on any atom is 0.339 e. The van der Waals surface area contributed by atoms with Gasteiger partial charge in [-0.2, -0.15) is 0 Å². The fraction of sp³-hybridized carbons (Fsp3) is 0.467. The molecule has 124 valence electrons. The van der Waals surface area contributed by atoms with Gasteiger partial charge in [0.15, 0.2) is 0 Å². The van der Waals surface area contributed by atoms with Crippen molar-refractivity contribution in [3.63, 3.8) is 0 Å². The van der Waals surface area contributed by atoms with E-state index in [0.717, 1.165) is 12.8 Å². The molecule has 0 amide bonds. The Labute approximate surface area is 137 Å². The predicted molar refractivity (Wildman–Crippen MR) is 87.9 cm³/mol. The topological polar surface area (TPSA) is 101 Å². The fourth-order valence-electron chi connectivity index (χ4n) is 2.17. The summed E-state index contributed by atoms with van der Waals surface area (Å²) < 4.78 is 5.03. The summed E-state index contributed by atoms with van der Waals surface area (Å²) in [5, 5.41) is 14.4. The quantitative estimate of drug-likeness (QED) is 0.714. The van der Waals surface area contributed by atoms with Gasteiger partial charge in [0.05, 0.1) is 17.6 Å². The van der Waals surface area contributed by atoms with Gasteiger partial charge < -0.3 is 15.2 Å². The number of ether oxygens (including phenoxy) is 1. The number of anilines is 1. The second-order valence-corrected chi connectivity index (χ2v) is 5.81. The van der Waals surface area contributed by atoms with Gasteiger partial charge in [-0.3, -0.25) is 0 Å². The number of unbranched alkanes of at least 4 members (excludes halogenated alkanes) is 1. The lowest BCUT2D eigenvalue weighted by atomic mass is 10.1. The third kappa shape index (κ3) is 3.95. The van der Waals surface area contributed by atoms with Crippen LogP contribution in [0.15, 0.2) is 11.7 Å². The second kappa shape index (κ2) is 7.87. The van der Waals surface area contributed by atoms with E-state index in [0.29, 0.717) is 28.0 Å². The predicted octanol–water partition coefficient (Wildman–Crippen LogP) is 2.92. The Morgan fingerprint density at radius 1 is 1.39 bits per heavy atom. The number of carbonyl (C=O) groups excluding carboxylic acids is 1. The molecule has 8 heteroatoms. The van der Waals surface area contributed by atoms with E-state index in [1.807, 2.05) is 6.92 Å². The van der Waals surface area contributed by atoms with Crippen LogP contribution in [0, 0.1) is 0 Å². The minimum atomic E-state index is -0.946. The Hall–Kier alpha value is -2.22. The highest BCUT2D eigenvalue weighted by Gasteiger charge is 2.22. The number of nitrogens with zero attached hydrogens (tertiary/aromatic N) is 2. The molecule has 0 aliphatic carbocycles. The van der Waals surface area contributed by atoms with Crippen LogP contribution in [-0.4, -0.2) is 39.7 Å². The zero-order valence-corrected chi connectivity index (χ0v) is 13.9. The van der Waals surface area contributed by atoms with Crippen LogP contribution in [0.5, 0.6) is 0 Å². The number of nitrogens with one attached hydrogen (secondary N) is 1. The number of aromatic nitrogens is 2. The van der Waals surface area contributed by atoms with E-state index in [2.05, 4.69) is 15.3 Å². The summed E-state index contributed by atoms with van der Waals surface area (Å²) in [6.07, 6.45) is 3.52. The lowest BCUT2D eigenvalue weighted by molar-refractivity contribution is -0.138. The Bertz CT molecular complexity index is 701. The third-order valence-electron chi connectivity index (χ3n) is 3.32. The van der Waals surface area contributed by atoms with Crippen LogP contribution in [0.1, 0.15) is 43.5 Å². The Morgan fingerprint density at radius 2 is 2.17 bits per heavy atom. The average Bonchev–Trinajstić information content (AvgIpc) is 2.96. The van der Waals surface area contributed by atoms with Crippen molar-refractivity contribution in [3.05, 3.63) is 17.3 Å². The fourth-order valence-corrected chi connectivity index (χ4v) is 3.05. The number of esters is 1. The van der Waals surface area contributed by atoms with Crippen LogP contribution in [0.4, 0.5) is 5.82 Å². The van der Waals surface area contributed by atoms with E-state index in [1.165, 1.54) is 17.7 Å². The first kappa shape index (κ1) is 17.1. The van der Waals surface area contributed by atoms with Gasteiger partial charge in [0.2, 0.25) is 0 Å². The number of carboxylic acids is 1. The number of rotatable bonds is 8. The summed E-state index contributed by atoms with van der Waals surface area (Å²) >= 11 is 1.30. The summed E-state index contributed by atoms with van der Waals surface area (Å²) in [5.74, 6) is -1.06. The third-order valence-corrected chi connectivity index (χ3v) is 4.21. The normalized spacial score (nSPS) is 12.1. The summed E-state index contributed by atoms with van der Waals surface area (Å²) in [7, 11) is 0. The SMILES string of the molecule is CCCCC(Nc1ncnc2scc(C(=O)OCC)c12)C(=O)O. The summed E-state index contributed by atoms with van der Waals surface area (Å²) in [6, 6.07) is -0.761. The number of aliphatic carboxylic acids is 1. The molecular weight excluding hydrogens is 318 g/mol. The number of hydrogen-bond acceptors (Lipinski definition) is 7. The van der Waals surface area contributed by atoms with Crippen LogP contribution >= 0.6 is 11.3 Å². The maximum atomic E-state index is 12.0. The van der Waals surface area contributed by atoms with E-state index in [9.17, 15) is 14.7 Å². The van der Waals surface area contributed by atoms with Gasteiger partial charge in [-0.25, -0.2) is 19.6 Å². The number of fused-ring (bicyclic) bond motifs is 1. The Kier molecular flexibility index (Phi) is 5.86. The number of carboxylic acid groups (broad SMARTS) is 1. The van der Waals surface area contributed by atoms with Crippen LogP contribution in [0.25, 0.3) is 10.2 Å². The van der Waals surface area contributed by atoms with Crippen LogP contribution in [-0.2, 0) is 9.53 Å². The molecule has 0 spiro atoms. The minimum absolute atomic E-state index is 0.265. The molecular formula is C15H19N3O4S. The first-order valence-electron chi connectivity index (χ1n) is 7.47. The van der Waals surface area contributed by atoms with Crippen molar-refractivity contribution >= 4 is 39.3 Å². The van der Waals surface area contributed by atoms with Gasteiger partial charge >= 0.3 is 11.9 Å². The van der Waals surface area contributed by atoms with Crippen molar-refractivity contribution in [1.29, 1.82) is 0 Å². The lowest BCUT2D eigenvalue weighted by Crippen LogP contribution is -2.29. The molecule has 0 aromatic carbocycles. The summed E-state index contributed by atoms with van der Waals surface area (Å²) in [5.41, 5.74) is 0.356. The molecule has 1 atom stereocenters. The molecule has 2 heterocycles. The van der Waals surface area contributed by atoms with E-state index in [4.69, 9.17) is 4.74 Å². The van der Waals surface area contributed by atoms with Gasteiger partial charge in [0, 0.05) is 5.38 Å². The molecule has 0 fully saturated rings.